The molecule has 0 aliphatic carbocycles. The molecule has 3 nitrogen and oxygen atoms in total. The zero-order valence-corrected chi connectivity index (χ0v) is 9.23. The van der Waals surface area contributed by atoms with E-state index < -0.39 is 0 Å². The molecular weight excluding hydrogens is 174 g/mol. The Labute approximate surface area is 85.5 Å². The smallest absolute Gasteiger partial charge is 0.148 e. The molecule has 1 heterocycles. The number of anilines is 1. The standard InChI is InChI=1S/C11H17N3/c1-9(2)10(3)13-14(4)11-7-5-6-8-12-11/h5-9H,1-4H3. The summed E-state index contributed by atoms with van der Waals surface area (Å²) in [7, 11) is 1.91. The summed E-state index contributed by atoms with van der Waals surface area (Å²) in [5.41, 5.74) is 1.11. The van der Waals surface area contributed by atoms with Crippen LogP contribution < -0.4 is 5.01 Å². The van der Waals surface area contributed by atoms with E-state index in [1.54, 1.807) is 11.2 Å². The third-order valence-electron chi connectivity index (χ3n) is 2.12. The highest BCUT2D eigenvalue weighted by Crippen LogP contribution is 2.08. The Hall–Kier alpha value is -1.38. The minimum atomic E-state index is 0.473. The molecule has 0 radical (unpaired) electrons. The maximum absolute atomic E-state index is 4.43. The summed E-state index contributed by atoms with van der Waals surface area (Å²) in [4.78, 5) is 4.21. The van der Waals surface area contributed by atoms with Gasteiger partial charge in [0.2, 0.25) is 0 Å². The molecule has 0 aromatic carbocycles. The molecule has 0 amide bonds. The van der Waals surface area contributed by atoms with Crippen LogP contribution in [0.25, 0.3) is 0 Å². The molecule has 76 valence electrons. The van der Waals surface area contributed by atoms with E-state index in [1.165, 1.54) is 0 Å². The van der Waals surface area contributed by atoms with Gasteiger partial charge in [0.15, 0.2) is 0 Å². The Balaban J connectivity index is 2.77. The second-order valence-corrected chi connectivity index (χ2v) is 3.61. The molecule has 1 aromatic rings. The lowest BCUT2D eigenvalue weighted by Gasteiger charge is -2.14. The van der Waals surface area contributed by atoms with E-state index in [-0.39, 0.29) is 0 Å². The van der Waals surface area contributed by atoms with Crippen molar-refractivity contribution in [3.05, 3.63) is 24.4 Å². The lowest BCUT2D eigenvalue weighted by Crippen LogP contribution is -2.15. The Morgan fingerprint density at radius 2 is 2.14 bits per heavy atom. The summed E-state index contributed by atoms with van der Waals surface area (Å²) in [6.07, 6.45) is 1.77. The quantitative estimate of drug-likeness (QED) is 0.542. The van der Waals surface area contributed by atoms with Crippen LogP contribution in [0.5, 0.6) is 0 Å². The fourth-order valence-corrected chi connectivity index (χ4v) is 0.948. The first-order valence-corrected chi connectivity index (χ1v) is 4.81. The van der Waals surface area contributed by atoms with Crippen LogP contribution >= 0.6 is 0 Å². The molecule has 0 N–H and O–H groups in total. The molecule has 3 heteroatoms. The minimum absolute atomic E-state index is 0.473. The number of rotatable bonds is 3. The van der Waals surface area contributed by atoms with E-state index in [2.05, 4.69) is 23.9 Å². The highest BCUT2D eigenvalue weighted by atomic mass is 15.5. The molecule has 0 unspecified atom stereocenters. The van der Waals surface area contributed by atoms with Gasteiger partial charge >= 0.3 is 0 Å². The Morgan fingerprint density at radius 1 is 1.43 bits per heavy atom. The van der Waals surface area contributed by atoms with Crippen LogP contribution in [-0.4, -0.2) is 17.7 Å². The topological polar surface area (TPSA) is 28.5 Å². The zero-order chi connectivity index (χ0) is 10.6. The molecule has 0 saturated carbocycles. The van der Waals surface area contributed by atoms with Crippen LogP contribution in [0.4, 0.5) is 5.82 Å². The van der Waals surface area contributed by atoms with Gasteiger partial charge in [-0.05, 0) is 25.0 Å². The summed E-state index contributed by atoms with van der Waals surface area (Å²) in [6.45, 7) is 6.29. The number of hydrazone groups is 1. The van der Waals surface area contributed by atoms with Crippen LogP contribution in [0.1, 0.15) is 20.8 Å². The molecule has 0 aliphatic heterocycles. The maximum atomic E-state index is 4.43. The molecule has 0 bridgehead atoms. The van der Waals surface area contributed by atoms with E-state index >= 15 is 0 Å². The average molecular weight is 191 g/mol. The highest BCUT2D eigenvalue weighted by molar-refractivity contribution is 5.84. The molecule has 1 rings (SSSR count). The van der Waals surface area contributed by atoms with Crippen molar-refractivity contribution in [2.75, 3.05) is 12.1 Å². The normalized spacial score (nSPS) is 11.9. The van der Waals surface area contributed by atoms with Crippen LogP contribution in [-0.2, 0) is 0 Å². The third-order valence-corrected chi connectivity index (χ3v) is 2.12. The van der Waals surface area contributed by atoms with Gasteiger partial charge < -0.3 is 0 Å². The summed E-state index contributed by atoms with van der Waals surface area (Å²) in [5, 5.41) is 6.24. The second-order valence-electron chi connectivity index (χ2n) is 3.61. The third kappa shape index (κ3) is 2.83. The largest absolute Gasteiger partial charge is 0.251 e. The Kier molecular flexibility index (Phi) is 3.63. The van der Waals surface area contributed by atoms with E-state index in [0.717, 1.165) is 11.5 Å². The number of nitrogens with zero attached hydrogens (tertiary/aromatic N) is 3. The first kappa shape index (κ1) is 10.7. The van der Waals surface area contributed by atoms with Crippen molar-refractivity contribution in [2.45, 2.75) is 20.8 Å². The molecule has 0 spiro atoms. The van der Waals surface area contributed by atoms with Crippen LogP contribution in [0.3, 0.4) is 0 Å². The Morgan fingerprint density at radius 3 is 2.64 bits per heavy atom. The van der Waals surface area contributed by atoms with E-state index in [0.29, 0.717) is 5.92 Å². The molecule has 0 saturated heterocycles. The van der Waals surface area contributed by atoms with E-state index in [1.807, 2.05) is 32.2 Å². The van der Waals surface area contributed by atoms with Crippen molar-refractivity contribution in [1.82, 2.24) is 4.98 Å². The van der Waals surface area contributed by atoms with E-state index in [4.69, 9.17) is 0 Å². The van der Waals surface area contributed by atoms with Gasteiger partial charge in [-0.2, -0.15) is 5.10 Å². The molecule has 0 aliphatic rings. The summed E-state index contributed by atoms with van der Waals surface area (Å²) < 4.78 is 0. The van der Waals surface area contributed by atoms with Crippen molar-refractivity contribution >= 4 is 11.5 Å². The predicted octanol–water partition coefficient (Wildman–Crippen LogP) is 2.55. The second kappa shape index (κ2) is 4.74. The van der Waals surface area contributed by atoms with Crippen molar-refractivity contribution in [3.63, 3.8) is 0 Å². The van der Waals surface area contributed by atoms with Crippen molar-refractivity contribution in [2.24, 2.45) is 11.0 Å². The van der Waals surface area contributed by atoms with Crippen LogP contribution in [0.2, 0.25) is 0 Å². The number of hydrogen-bond donors (Lipinski definition) is 0. The summed E-state index contributed by atoms with van der Waals surface area (Å²) >= 11 is 0. The minimum Gasteiger partial charge on any atom is -0.251 e. The molecule has 14 heavy (non-hydrogen) atoms. The van der Waals surface area contributed by atoms with Crippen molar-refractivity contribution in [3.8, 4) is 0 Å². The van der Waals surface area contributed by atoms with Gasteiger partial charge in [0, 0.05) is 19.0 Å². The zero-order valence-electron chi connectivity index (χ0n) is 9.23. The maximum Gasteiger partial charge on any atom is 0.148 e. The molecular formula is C11H17N3. The average Bonchev–Trinajstić information content (AvgIpc) is 2.19. The van der Waals surface area contributed by atoms with Gasteiger partial charge in [-0.15, -0.1) is 0 Å². The van der Waals surface area contributed by atoms with Gasteiger partial charge in [-0.3, -0.25) is 5.01 Å². The Bertz CT molecular complexity index is 304. The predicted molar refractivity (Wildman–Crippen MR) is 60.6 cm³/mol. The number of hydrogen-bond acceptors (Lipinski definition) is 3. The van der Waals surface area contributed by atoms with Gasteiger partial charge in [0.1, 0.15) is 5.82 Å². The number of pyridine rings is 1. The summed E-state index contributed by atoms with van der Waals surface area (Å²) in [6, 6.07) is 5.80. The summed E-state index contributed by atoms with van der Waals surface area (Å²) in [5.74, 6) is 1.34. The first-order chi connectivity index (χ1) is 6.61. The number of aromatic nitrogens is 1. The lowest BCUT2D eigenvalue weighted by atomic mass is 10.1. The monoisotopic (exact) mass is 191 g/mol. The van der Waals surface area contributed by atoms with Crippen molar-refractivity contribution in [1.29, 1.82) is 0 Å². The highest BCUT2D eigenvalue weighted by Gasteiger charge is 2.02. The van der Waals surface area contributed by atoms with Crippen LogP contribution in [0, 0.1) is 5.92 Å². The molecule has 1 aromatic heterocycles. The van der Waals surface area contributed by atoms with E-state index in [9.17, 15) is 0 Å². The lowest BCUT2D eigenvalue weighted by molar-refractivity contribution is 0.851. The van der Waals surface area contributed by atoms with Gasteiger partial charge in [-0.25, -0.2) is 4.98 Å². The van der Waals surface area contributed by atoms with Gasteiger partial charge in [0.05, 0.1) is 0 Å². The first-order valence-electron chi connectivity index (χ1n) is 4.81. The molecule has 0 fully saturated rings. The molecule has 0 atom stereocenters. The van der Waals surface area contributed by atoms with Crippen molar-refractivity contribution < 1.29 is 0 Å². The van der Waals surface area contributed by atoms with Gasteiger partial charge in [-0.1, -0.05) is 19.9 Å². The fraction of sp³-hybridized carbons (Fsp3) is 0.455. The van der Waals surface area contributed by atoms with Gasteiger partial charge in [0.25, 0.3) is 0 Å². The SMILES string of the molecule is CC(=NN(C)c1ccccn1)C(C)C. The fourth-order valence-electron chi connectivity index (χ4n) is 0.948. The van der Waals surface area contributed by atoms with Crippen LogP contribution in [0.15, 0.2) is 29.5 Å².